The van der Waals surface area contributed by atoms with Gasteiger partial charge < -0.3 is 4.90 Å². The monoisotopic (exact) mass is 273 g/mol. The van der Waals surface area contributed by atoms with Crippen LogP contribution in [0.5, 0.6) is 0 Å². The molecule has 1 amide bonds. The van der Waals surface area contributed by atoms with Crippen molar-refractivity contribution in [1.29, 1.82) is 0 Å². The SMILES string of the molecule is CCN(C(=O)CCCc1ccccc1)C1CCCCC1. The summed E-state index contributed by atoms with van der Waals surface area (Å²) < 4.78 is 0. The Labute approximate surface area is 123 Å². The van der Waals surface area contributed by atoms with Crippen molar-refractivity contribution in [3.63, 3.8) is 0 Å². The topological polar surface area (TPSA) is 20.3 Å². The molecule has 1 aromatic rings. The minimum atomic E-state index is 0.357. The molecule has 1 aliphatic rings. The molecule has 0 saturated heterocycles. The molecule has 0 bridgehead atoms. The molecule has 0 aromatic heterocycles. The number of rotatable bonds is 6. The lowest BCUT2D eigenvalue weighted by molar-refractivity contribution is -0.134. The highest BCUT2D eigenvalue weighted by molar-refractivity contribution is 5.76. The molecule has 0 unspecified atom stereocenters. The van der Waals surface area contributed by atoms with Gasteiger partial charge in [0.05, 0.1) is 0 Å². The van der Waals surface area contributed by atoms with Crippen LogP contribution in [0.25, 0.3) is 0 Å². The summed E-state index contributed by atoms with van der Waals surface area (Å²) in [6.07, 6.45) is 9.00. The maximum atomic E-state index is 12.4. The molecule has 1 aliphatic carbocycles. The van der Waals surface area contributed by atoms with E-state index in [-0.39, 0.29) is 0 Å². The standard InChI is InChI=1S/C18H27NO/c1-2-19(17-13-7-4-8-14-17)18(20)15-9-12-16-10-5-3-6-11-16/h3,5-6,10-11,17H,2,4,7-9,12-15H2,1H3. The first kappa shape index (κ1) is 15.1. The van der Waals surface area contributed by atoms with Gasteiger partial charge in [0.25, 0.3) is 0 Å². The highest BCUT2D eigenvalue weighted by atomic mass is 16.2. The summed E-state index contributed by atoms with van der Waals surface area (Å²) in [5.74, 6) is 0.357. The van der Waals surface area contributed by atoms with Gasteiger partial charge in [0.15, 0.2) is 0 Å². The van der Waals surface area contributed by atoms with E-state index in [0.717, 1.165) is 19.4 Å². The van der Waals surface area contributed by atoms with Crippen molar-refractivity contribution in [2.24, 2.45) is 0 Å². The molecule has 110 valence electrons. The van der Waals surface area contributed by atoms with Crippen LogP contribution in [0.1, 0.15) is 57.4 Å². The van der Waals surface area contributed by atoms with E-state index < -0.39 is 0 Å². The van der Waals surface area contributed by atoms with Crippen molar-refractivity contribution in [3.8, 4) is 0 Å². The van der Waals surface area contributed by atoms with E-state index in [0.29, 0.717) is 18.4 Å². The minimum Gasteiger partial charge on any atom is -0.340 e. The van der Waals surface area contributed by atoms with Crippen molar-refractivity contribution in [3.05, 3.63) is 35.9 Å². The van der Waals surface area contributed by atoms with Crippen molar-refractivity contribution in [1.82, 2.24) is 4.90 Å². The largest absolute Gasteiger partial charge is 0.340 e. The predicted molar refractivity (Wildman–Crippen MR) is 83.6 cm³/mol. The van der Waals surface area contributed by atoms with E-state index in [1.165, 1.54) is 37.7 Å². The Morgan fingerprint density at radius 3 is 2.50 bits per heavy atom. The van der Waals surface area contributed by atoms with Gasteiger partial charge in [-0.1, -0.05) is 49.6 Å². The molecule has 0 atom stereocenters. The number of aryl methyl sites for hydroxylation is 1. The van der Waals surface area contributed by atoms with E-state index >= 15 is 0 Å². The van der Waals surface area contributed by atoms with E-state index in [1.807, 2.05) is 6.07 Å². The maximum absolute atomic E-state index is 12.4. The molecular formula is C18H27NO. The number of carbonyl (C=O) groups excluding carboxylic acids is 1. The molecule has 0 heterocycles. The molecular weight excluding hydrogens is 246 g/mol. The summed E-state index contributed by atoms with van der Waals surface area (Å²) in [4.78, 5) is 14.5. The second-order valence-electron chi connectivity index (χ2n) is 5.81. The quantitative estimate of drug-likeness (QED) is 0.761. The third-order valence-corrected chi connectivity index (χ3v) is 4.38. The van der Waals surface area contributed by atoms with Crippen LogP contribution in [-0.4, -0.2) is 23.4 Å². The Balaban J connectivity index is 1.77. The van der Waals surface area contributed by atoms with Crippen molar-refractivity contribution in [2.75, 3.05) is 6.54 Å². The molecule has 0 spiro atoms. The van der Waals surface area contributed by atoms with E-state index in [2.05, 4.69) is 36.1 Å². The zero-order chi connectivity index (χ0) is 14.2. The fourth-order valence-electron chi connectivity index (χ4n) is 3.26. The van der Waals surface area contributed by atoms with E-state index in [9.17, 15) is 4.79 Å². The normalized spacial score (nSPS) is 16.1. The Morgan fingerprint density at radius 1 is 1.15 bits per heavy atom. The first-order chi connectivity index (χ1) is 9.81. The van der Waals surface area contributed by atoms with Gasteiger partial charge >= 0.3 is 0 Å². The lowest BCUT2D eigenvalue weighted by atomic mass is 9.94. The number of carbonyl (C=O) groups is 1. The number of hydrogen-bond donors (Lipinski definition) is 0. The number of amides is 1. The Morgan fingerprint density at radius 2 is 1.85 bits per heavy atom. The summed E-state index contributed by atoms with van der Waals surface area (Å²) in [6, 6.07) is 11.0. The van der Waals surface area contributed by atoms with Gasteiger partial charge in [0.1, 0.15) is 0 Å². The van der Waals surface area contributed by atoms with E-state index in [1.54, 1.807) is 0 Å². The third-order valence-electron chi connectivity index (χ3n) is 4.38. The fraction of sp³-hybridized carbons (Fsp3) is 0.611. The zero-order valence-electron chi connectivity index (χ0n) is 12.7. The van der Waals surface area contributed by atoms with Crippen LogP contribution in [0.4, 0.5) is 0 Å². The molecule has 0 radical (unpaired) electrons. The van der Waals surface area contributed by atoms with Crippen LogP contribution in [0.3, 0.4) is 0 Å². The molecule has 0 aliphatic heterocycles. The van der Waals surface area contributed by atoms with Gasteiger partial charge in [-0.25, -0.2) is 0 Å². The van der Waals surface area contributed by atoms with Crippen molar-refractivity contribution >= 4 is 5.91 Å². The summed E-state index contributed by atoms with van der Waals surface area (Å²) in [7, 11) is 0. The lowest BCUT2D eigenvalue weighted by Gasteiger charge is -2.33. The fourth-order valence-corrected chi connectivity index (χ4v) is 3.26. The first-order valence-electron chi connectivity index (χ1n) is 8.14. The molecule has 1 saturated carbocycles. The summed E-state index contributed by atoms with van der Waals surface area (Å²) in [6.45, 7) is 2.98. The smallest absolute Gasteiger partial charge is 0.222 e. The molecule has 1 aromatic carbocycles. The summed E-state index contributed by atoms with van der Waals surface area (Å²) in [5, 5.41) is 0. The van der Waals surface area contributed by atoms with Gasteiger partial charge in [0, 0.05) is 19.0 Å². The van der Waals surface area contributed by atoms with Gasteiger partial charge in [-0.05, 0) is 38.2 Å². The first-order valence-corrected chi connectivity index (χ1v) is 8.14. The van der Waals surface area contributed by atoms with Gasteiger partial charge in [-0.2, -0.15) is 0 Å². The van der Waals surface area contributed by atoms with Crippen LogP contribution < -0.4 is 0 Å². The average Bonchev–Trinajstić information content (AvgIpc) is 2.50. The minimum absolute atomic E-state index is 0.357. The highest BCUT2D eigenvalue weighted by Gasteiger charge is 2.23. The molecule has 2 heteroatoms. The lowest BCUT2D eigenvalue weighted by Crippen LogP contribution is -2.41. The molecule has 0 N–H and O–H groups in total. The Bertz CT molecular complexity index is 395. The summed E-state index contributed by atoms with van der Waals surface area (Å²) in [5.41, 5.74) is 1.33. The maximum Gasteiger partial charge on any atom is 0.222 e. The highest BCUT2D eigenvalue weighted by Crippen LogP contribution is 2.23. The Hall–Kier alpha value is -1.31. The van der Waals surface area contributed by atoms with Gasteiger partial charge in [-0.3, -0.25) is 4.79 Å². The van der Waals surface area contributed by atoms with Crippen molar-refractivity contribution < 1.29 is 4.79 Å². The third kappa shape index (κ3) is 4.36. The molecule has 1 fully saturated rings. The van der Waals surface area contributed by atoms with Gasteiger partial charge in [-0.15, -0.1) is 0 Å². The molecule has 20 heavy (non-hydrogen) atoms. The van der Waals surface area contributed by atoms with Crippen LogP contribution in [0.15, 0.2) is 30.3 Å². The predicted octanol–water partition coefficient (Wildman–Crippen LogP) is 4.19. The molecule has 2 nitrogen and oxygen atoms in total. The zero-order valence-corrected chi connectivity index (χ0v) is 12.7. The van der Waals surface area contributed by atoms with Crippen LogP contribution in [-0.2, 0) is 11.2 Å². The van der Waals surface area contributed by atoms with Crippen LogP contribution in [0.2, 0.25) is 0 Å². The van der Waals surface area contributed by atoms with E-state index in [4.69, 9.17) is 0 Å². The second kappa shape index (κ2) is 8.08. The van der Waals surface area contributed by atoms with Crippen molar-refractivity contribution in [2.45, 2.75) is 64.3 Å². The van der Waals surface area contributed by atoms with Crippen LogP contribution in [0, 0.1) is 0 Å². The number of benzene rings is 1. The van der Waals surface area contributed by atoms with Crippen LogP contribution >= 0.6 is 0 Å². The Kier molecular flexibility index (Phi) is 6.10. The number of nitrogens with zero attached hydrogens (tertiary/aromatic N) is 1. The second-order valence-corrected chi connectivity index (χ2v) is 5.81. The average molecular weight is 273 g/mol. The summed E-state index contributed by atoms with van der Waals surface area (Å²) >= 11 is 0. The molecule has 2 rings (SSSR count). The number of hydrogen-bond acceptors (Lipinski definition) is 1. The van der Waals surface area contributed by atoms with Gasteiger partial charge in [0.2, 0.25) is 5.91 Å².